The maximum absolute atomic E-state index is 12.8. The van der Waals surface area contributed by atoms with Crippen molar-refractivity contribution in [1.29, 1.82) is 0 Å². The maximum atomic E-state index is 12.8. The summed E-state index contributed by atoms with van der Waals surface area (Å²) in [7, 11) is 0. The Morgan fingerprint density at radius 3 is 2.57 bits per heavy atom. The number of para-hydroxylation sites is 1. The SMILES string of the molecule is CCOC(=O)c1c(NC(=O)COC(=O)Cn2c(=O)n(CC)c(=O)c3ccccc32)sc2c1CCC2. The normalized spacial score (nSPS) is 12.4. The number of rotatable bonds is 8. The first-order valence-corrected chi connectivity index (χ1v) is 12.2. The Balaban J connectivity index is 1.47. The number of carbonyl (C=O) groups excluding carboxylic acids is 3. The molecule has 11 heteroatoms. The van der Waals surface area contributed by atoms with E-state index in [0.717, 1.165) is 38.8 Å². The third-order valence-corrected chi connectivity index (χ3v) is 6.96. The van der Waals surface area contributed by atoms with Crippen LogP contribution in [0.4, 0.5) is 5.00 Å². The molecule has 0 spiro atoms. The zero-order valence-corrected chi connectivity index (χ0v) is 20.2. The molecule has 2 aromatic heterocycles. The summed E-state index contributed by atoms with van der Waals surface area (Å²) >= 11 is 1.33. The standard InChI is InChI=1S/C24H25N3O7S/c1-3-26-22(30)14-8-5-6-10-16(14)27(24(26)32)12-19(29)34-13-18(28)25-21-20(23(31)33-4-2)15-9-7-11-17(15)35-21/h5-6,8,10H,3-4,7,9,11-13H2,1-2H3,(H,25,28). The van der Waals surface area contributed by atoms with Crippen molar-refractivity contribution in [2.45, 2.75) is 46.2 Å². The fourth-order valence-corrected chi connectivity index (χ4v) is 5.49. The van der Waals surface area contributed by atoms with E-state index in [-0.39, 0.29) is 13.2 Å². The van der Waals surface area contributed by atoms with Crippen LogP contribution in [0.1, 0.15) is 41.1 Å². The highest BCUT2D eigenvalue weighted by molar-refractivity contribution is 7.17. The van der Waals surface area contributed by atoms with Gasteiger partial charge in [-0.3, -0.25) is 23.5 Å². The van der Waals surface area contributed by atoms with Crippen molar-refractivity contribution in [3.8, 4) is 0 Å². The molecule has 0 saturated heterocycles. The van der Waals surface area contributed by atoms with Crippen LogP contribution < -0.4 is 16.6 Å². The number of nitrogens with one attached hydrogen (secondary N) is 1. The van der Waals surface area contributed by atoms with Gasteiger partial charge in [-0.15, -0.1) is 11.3 Å². The predicted molar refractivity (Wildman–Crippen MR) is 130 cm³/mol. The minimum absolute atomic E-state index is 0.146. The van der Waals surface area contributed by atoms with Crippen molar-refractivity contribution in [2.75, 3.05) is 18.5 Å². The molecule has 2 heterocycles. The molecule has 1 aliphatic carbocycles. The second kappa shape index (κ2) is 10.3. The third-order valence-electron chi connectivity index (χ3n) is 5.75. The van der Waals surface area contributed by atoms with Crippen LogP contribution in [-0.4, -0.2) is 40.2 Å². The van der Waals surface area contributed by atoms with Gasteiger partial charge in [0.1, 0.15) is 11.5 Å². The van der Waals surface area contributed by atoms with Crippen LogP contribution >= 0.6 is 11.3 Å². The predicted octanol–water partition coefficient (Wildman–Crippen LogP) is 2.09. The molecule has 1 aliphatic rings. The highest BCUT2D eigenvalue weighted by Crippen LogP contribution is 2.39. The topological polar surface area (TPSA) is 126 Å². The van der Waals surface area contributed by atoms with Gasteiger partial charge in [0.25, 0.3) is 11.5 Å². The van der Waals surface area contributed by atoms with Crippen molar-refractivity contribution in [3.05, 3.63) is 61.1 Å². The van der Waals surface area contributed by atoms with Crippen molar-refractivity contribution in [3.63, 3.8) is 0 Å². The fraction of sp³-hybridized carbons (Fsp3) is 0.375. The lowest BCUT2D eigenvalue weighted by molar-refractivity contribution is -0.147. The van der Waals surface area contributed by atoms with E-state index < -0.39 is 42.2 Å². The summed E-state index contributed by atoms with van der Waals surface area (Å²) in [5, 5.41) is 3.34. The first kappa shape index (κ1) is 24.4. The van der Waals surface area contributed by atoms with E-state index in [2.05, 4.69) is 5.32 Å². The average Bonchev–Trinajstić information content (AvgIpc) is 3.42. The second-order valence-corrected chi connectivity index (χ2v) is 9.03. The Morgan fingerprint density at radius 2 is 1.83 bits per heavy atom. The van der Waals surface area contributed by atoms with Crippen LogP contribution in [0.3, 0.4) is 0 Å². The Kier molecular flexibility index (Phi) is 7.15. The number of aryl methyl sites for hydroxylation is 1. The van der Waals surface area contributed by atoms with Gasteiger partial charge < -0.3 is 14.8 Å². The number of anilines is 1. The first-order valence-electron chi connectivity index (χ1n) is 11.3. The van der Waals surface area contributed by atoms with E-state index >= 15 is 0 Å². The van der Waals surface area contributed by atoms with Crippen LogP contribution in [0.15, 0.2) is 33.9 Å². The van der Waals surface area contributed by atoms with Gasteiger partial charge in [0.2, 0.25) is 0 Å². The number of fused-ring (bicyclic) bond motifs is 2. The number of nitrogens with zero attached hydrogens (tertiary/aromatic N) is 2. The zero-order chi connectivity index (χ0) is 25.1. The third kappa shape index (κ3) is 4.76. The summed E-state index contributed by atoms with van der Waals surface area (Å²) in [6.45, 7) is 2.68. The Labute approximate surface area is 204 Å². The van der Waals surface area contributed by atoms with Crippen molar-refractivity contribution >= 4 is 45.1 Å². The van der Waals surface area contributed by atoms with Crippen LogP contribution in [0.2, 0.25) is 0 Å². The van der Waals surface area contributed by atoms with Gasteiger partial charge in [0.15, 0.2) is 6.61 Å². The molecule has 0 atom stereocenters. The average molecular weight is 500 g/mol. The maximum Gasteiger partial charge on any atom is 0.341 e. The Hall–Kier alpha value is -3.73. The molecule has 0 saturated carbocycles. The molecule has 1 N–H and O–H groups in total. The number of aromatic nitrogens is 2. The van der Waals surface area contributed by atoms with Gasteiger partial charge >= 0.3 is 17.6 Å². The Bertz CT molecular complexity index is 1430. The summed E-state index contributed by atoms with van der Waals surface area (Å²) < 4.78 is 12.4. The van der Waals surface area contributed by atoms with Crippen molar-refractivity contribution in [2.24, 2.45) is 0 Å². The number of esters is 2. The quantitative estimate of drug-likeness (QED) is 0.471. The van der Waals surface area contributed by atoms with Crippen molar-refractivity contribution < 1.29 is 23.9 Å². The number of amides is 1. The van der Waals surface area contributed by atoms with E-state index in [1.165, 1.54) is 11.3 Å². The molecular weight excluding hydrogens is 474 g/mol. The van der Waals surface area contributed by atoms with Crippen LogP contribution in [-0.2, 0) is 45.0 Å². The molecular formula is C24H25N3O7S. The van der Waals surface area contributed by atoms with Crippen LogP contribution in [0, 0.1) is 0 Å². The highest BCUT2D eigenvalue weighted by atomic mass is 32.1. The van der Waals surface area contributed by atoms with Gasteiger partial charge in [0.05, 0.1) is 23.1 Å². The lowest BCUT2D eigenvalue weighted by atomic mass is 10.1. The molecule has 0 unspecified atom stereocenters. The number of ether oxygens (including phenoxy) is 2. The van der Waals surface area contributed by atoms with Gasteiger partial charge in [-0.1, -0.05) is 12.1 Å². The molecule has 3 aromatic rings. The van der Waals surface area contributed by atoms with Gasteiger partial charge in [0, 0.05) is 11.4 Å². The molecule has 35 heavy (non-hydrogen) atoms. The summed E-state index contributed by atoms with van der Waals surface area (Å²) in [5.74, 6) is -1.91. The van der Waals surface area contributed by atoms with Gasteiger partial charge in [-0.05, 0) is 50.8 Å². The minimum atomic E-state index is -0.812. The van der Waals surface area contributed by atoms with E-state index in [1.54, 1.807) is 38.1 Å². The molecule has 1 aromatic carbocycles. The minimum Gasteiger partial charge on any atom is -0.462 e. The summed E-state index contributed by atoms with van der Waals surface area (Å²) in [6.07, 6.45) is 2.52. The summed E-state index contributed by atoms with van der Waals surface area (Å²) in [5.41, 5.74) is 0.504. The number of carbonyl (C=O) groups is 3. The zero-order valence-electron chi connectivity index (χ0n) is 19.4. The molecule has 0 aliphatic heterocycles. The smallest absolute Gasteiger partial charge is 0.341 e. The first-order chi connectivity index (χ1) is 16.8. The van der Waals surface area contributed by atoms with Gasteiger partial charge in [-0.25, -0.2) is 9.59 Å². The number of thiophene rings is 1. The van der Waals surface area contributed by atoms with Crippen LogP contribution in [0.5, 0.6) is 0 Å². The number of hydrogen-bond acceptors (Lipinski definition) is 8. The second-order valence-electron chi connectivity index (χ2n) is 7.93. The molecule has 0 bridgehead atoms. The monoisotopic (exact) mass is 499 g/mol. The lowest BCUT2D eigenvalue weighted by Crippen LogP contribution is -2.41. The number of hydrogen-bond donors (Lipinski definition) is 1. The summed E-state index contributed by atoms with van der Waals surface area (Å²) in [4.78, 5) is 63.8. The molecule has 0 radical (unpaired) electrons. The van der Waals surface area contributed by atoms with E-state index in [4.69, 9.17) is 9.47 Å². The molecule has 0 fully saturated rings. The fourth-order valence-electron chi connectivity index (χ4n) is 4.20. The largest absolute Gasteiger partial charge is 0.462 e. The molecule has 1 amide bonds. The summed E-state index contributed by atoms with van der Waals surface area (Å²) in [6, 6.07) is 6.49. The van der Waals surface area contributed by atoms with Crippen LogP contribution in [0.25, 0.3) is 10.9 Å². The molecule has 10 nitrogen and oxygen atoms in total. The van der Waals surface area contributed by atoms with E-state index in [9.17, 15) is 24.0 Å². The van der Waals surface area contributed by atoms with E-state index in [0.29, 0.717) is 21.5 Å². The van der Waals surface area contributed by atoms with E-state index in [1.807, 2.05) is 0 Å². The number of benzene rings is 1. The Morgan fingerprint density at radius 1 is 1.06 bits per heavy atom. The molecule has 184 valence electrons. The lowest BCUT2D eigenvalue weighted by Gasteiger charge is -2.13. The highest BCUT2D eigenvalue weighted by Gasteiger charge is 2.28. The molecule has 4 rings (SSSR count). The van der Waals surface area contributed by atoms with Gasteiger partial charge in [-0.2, -0.15) is 0 Å². The van der Waals surface area contributed by atoms with Crippen molar-refractivity contribution in [1.82, 2.24) is 9.13 Å².